The first-order valence-corrected chi connectivity index (χ1v) is 10.3. The van der Waals surface area contributed by atoms with Gasteiger partial charge in [-0.25, -0.2) is 4.39 Å². The SMILES string of the molecule is Cc1cc(F)ccc1[C@H]1CCN(C[C@@H]2CCc3cccnc3[C@@H](O)C2)C[C@@H]1O. The Bertz CT molecular complexity index is 828. The van der Waals surface area contributed by atoms with E-state index in [4.69, 9.17) is 0 Å². The number of aryl methyl sites for hydroxylation is 2. The van der Waals surface area contributed by atoms with Gasteiger partial charge in [0.2, 0.25) is 0 Å². The van der Waals surface area contributed by atoms with E-state index in [0.717, 1.165) is 61.2 Å². The zero-order chi connectivity index (χ0) is 19.7. The van der Waals surface area contributed by atoms with Crippen LogP contribution in [0.25, 0.3) is 0 Å². The number of nitrogens with zero attached hydrogens (tertiary/aromatic N) is 2. The second kappa shape index (κ2) is 8.27. The Hall–Kier alpha value is -1.82. The second-order valence-corrected chi connectivity index (χ2v) is 8.43. The smallest absolute Gasteiger partial charge is 0.123 e. The number of hydrogen-bond acceptors (Lipinski definition) is 4. The molecule has 1 aromatic carbocycles. The molecule has 1 aliphatic heterocycles. The number of aliphatic hydroxyl groups excluding tert-OH is 2. The molecule has 0 radical (unpaired) electrons. The number of rotatable bonds is 3. The maximum atomic E-state index is 13.4. The van der Waals surface area contributed by atoms with Gasteiger partial charge < -0.3 is 15.1 Å². The maximum absolute atomic E-state index is 13.4. The van der Waals surface area contributed by atoms with Gasteiger partial charge in [-0.05, 0) is 80.0 Å². The molecular formula is C23H29FN2O2. The molecule has 2 aliphatic rings. The third-order valence-corrected chi connectivity index (χ3v) is 6.43. The van der Waals surface area contributed by atoms with E-state index in [0.29, 0.717) is 12.5 Å². The topological polar surface area (TPSA) is 56.6 Å². The predicted octanol–water partition coefficient (Wildman–Crippen LogP) is 3.37. The summed E-state index contributed by atoms with van der Waals surface area (Å²) in [5.74, 6) is 0.223. The minimum Gasteiger partial charge on any atom is -0.391 e. The molecule has 1 fully saturated rings. The van der Waals surface area contributed by atoms with Crippen LogP contribution in [0.1, 0.15) is 53.7 Å². The lowest BCUT2D eigenvalue weighted by Gasteiger charge is -2.38. The first kappa shape index (κ1) is 19.5. The molecular weight excluding hydrogens is 355 g/mol. The summed E-state index contributed by atoms with van der Waals surface area (Å²) < 4.78 is 13.4. The van der Waals surface area contributed by atoms with E-state index in [-0.39, 0.29) is 11.7 Å². The summed E-state index contributed by atoms with van der Waals surface area (Å²) >= 11 is 0. The van der Waals surface area contributed by atoms with Crippen LogP contribution in [0.2, 0.25) is 0 Å². The average Bonchev–Trinajstić information content (AvgIpc) is 2.82. The molecule has 0 unspecified atom stereocenters. The van der Waals surface area contributed by atoms with Crippen LogP contribution in [0, 0.1) is 18.7 Å². The van der Waals surface area contributed by atoms with Gasteiger partial charge in [-0.15, -0.1) is 0 Å². The van der Waals surface area contributed by atoms with E-state index in [1.54, 1.807) is 12.3 Å². The van der Waals surface area contributed by atoms with Gasteiger partial charge in [0, 0.05) is 25.2 Å². The average molecular weight is 384 g/mol. The Morgan fingerprint density at radius 3 is 2.86 bits per heavy atom. The number of halogens is 1. The second-order valence-electron chi connectivity index (χ2n) is 8.43. The van der Waals surface area contributed by atoms with Crippen molar-refractivity contribution in [3.8, 4) is 0 Å². The molecule has 1 aromatic heterocycles. The van der Waals surface area contributed by atoms with Crippen LogP contribution in [0.15, 0.2) is 36.5 Å². The quantitative estimate of drug-likeness (QED) is 0.797. The number of likely N-dealkylation sites (tertiary alicyclic amines) is 1. The highest BCUT2D eigenvalue weighted by atomic mass is 19.1. The molecule has 28 heavy (non-hydrogen) atoms. The predicted molar refractivity (Wildman–Crippen MR) is 107 cm³/mol. The van der Waals surface area contributed by atoms with E-state index in [2.05, 4.69) is 16.0 Å². The molecule has 0 saturated carbocycles. The van der Waals surface area contributed by atoms with Gasteiger partial charge in [-0.1, -0.05) is 12.1 Å². The van der Waals surface area contributed by atoms with Crippen molar-refractivity contribution in [1.29, 1.82) is 0 Å². The lowest BCUT2D eigenvalue weighted by Crippen LogP contribution is -2.44. The Kier molecular flexibility index (Phi) is 5.76. The lowest BCUT2D eigenvalue weighted by molar-refractivity contribution is 0.0371. The fourth-order valence-corrected chi connectivity index (χ4v) is 4.98. The van der Waals surface area contributed by atoms with Crippen LogP contribution in [-0.4, -0.2) is 45.8 Å². The van der Waals surface area contributed by atoms with E-state index < -0.39 is 12.2 Å². The van der Waals surface area contributed by atoms with Crippen molar-refractivity contribution in [2.24, 2.45) is 5.92 Å². The van der Waals surface area contributed by atoms with Crippen LogP contribution in [0.3, 0.4) is 0 Å². The van der Waals surface area contributed by atoms with Crippen molar-refractivity contribution in [3.05, 3.63) is 64.7 Å². The third-order valence-electron chi connectivity index (χ3n) is 6.43. The summed E-state index contributed by atoms with van der Waals surface area (Å²) in [5, 5.41) is 21.3. The standard InChI is InChI=1S/C23H29FN2O2/c1-15-11-18(24)6-7-19(15)20-8-10-26(14-22(20)28)13-16-4-5-17-3-2-9-25-23(17)21(27)12-16/h2-3,6-7,9,11,16,20-22,27-28H,4-5,8,10,12-14H2,1H3/t16-,20-,21+,22+/m1/s1. The Labute approximate surface area is 166 Å². The van der Waals surface area contributed by atoms with Gasteiger partial charge in [0.05, 0.1) is 17.9 Å². The molecule has 1 aliphatic carbocycles. The minimum absolute atomic E-state index is 0.0602. The molecule has 4 rings (SSSR count). The van der Waals surface area contributed by atoms with Crippen LogP contribution >= 0.6 is 0 Å². The molecule has 0 bridgehead atoms. The van der Waals surface area contributed by atoms with E-state index >= 15 is 0 Å². The number of aromatic nitrogens is 1. The Morgan fingerprint density at radius 2 is 2.07 bits per heavy atom. The summed E-state index contributed by atoms with van der Waals surface area (Å²) in [6, 6.07) is 8.85. The van der Waals surface area contributed by atoms with Gasteiger partial charge >= 0.3 is 0 Å². The summed E-state index contributed by atoms with van der Waals surface area (Å²) in [7, 11) is 0. The fourth-order valence-electron chi connectivity index (χ4n) is 4.98. The van der Waals surface area contributed by atoms with Crippen LogP contribution in [0.5, 0.6) is 0 Å². The molecule has 2 aromatic rings. The molecule has 2 heterocycles. The monoisotopic (exact) mass is 384 g/mol. The molecule has 4 nitrogen and oxygen atoms in total. The van der Waals surface area contributed by atoms with Gasteiger partial charge in [-0.3, -0.25) is 4.98 Å². The van der Waals surface area contributed by atoms with Gasteiger partial charge in [0.25, 0.3) is 0 Å². The van der Waals surface area contributed by atoms with E-state index in [1.165, 1.54) is 6.07 Å². The Balaban J connectivity index is 1.37. The van der Waals surface area contributed by atoms with Gasteiger partial charge in [0.15, 0.2) is 0 Å². The summed E-state index contributed by atoms with van der Waals surface area (Å²) in [6.07, 6.45) is 4.35. The molecule has 1 saturated heterocycles. The summed E-state index contributed by atoms with van der Waals surface area (Å²) in [5.41, 5.74) is 3.95. The number of hydrogen-bond donors (Lipinski definition) is 2. The summed E-state index contributed by atoms with van der Waals surface area (Å²) in [4.78, 5) is 6.70. The molecule has 0 amide bonds. The number of piperidine rings is 1. The molecule has 5 heteroatoms. The lowest BCUT2D eigenvalue weighted by atomic mass is 9.84. The zero-order valence-electron chi connectivity index (χ0n) is 16.4. The largest absolute Gasteiger partial charge is 0.391 e. The number of fused-ring (bicyclic) bond motifs is 1. The number of pyridine rings is 1. The van der Waals surface area contributed by atoms with Crippen LogP contribution < -0.4 is 0 Å². The van der Waals surface area contributed by atoms with Gasteiger partial charge in [-0.2, -0.15) is 0 Å². The number of aliphatic hydroxyl groups is 2. The van der Waals surface area contributed by atoms with Crippen molar-refractivity contribution >= 4 is 0 Å². The highest BCUT2D eigenvalue weighted by Crippen LogP contribution is 2.34. The zero-order valence-corrected chi connectivity index (χ0v) is 16.4. The first-order chi connectivity index (χ1) is 13.5. The normalized spacial score (nSPS) is 28.6. The van der Waals surface area contributed by atoms with Crippen molar-refractivity contribution < 1.29 is 14.6 Å². The van der Waals surface area contributed by atoms with Crippen molar-refractivity contribution in [3.63, 3.8) is 0 Å². The highest BCUT2D eigenvalue weighted by Gasteiger charge is 2.32. The minimum atomic E-state index is -0.506. The van der Waals surface area contributed by atoms with E-state index in [9.17, 15) is 14.6 Å². The summed E-state index contributed by atoms with van der Waals surface area (Å²) in [6.45, 7) is 4.34. The van der Waals surface area contributed by atoms with Crippen molar-refractivity contribution in [2.45, 2.75) is 50.7 Å². The molecule has 2 N–H and O–H groups in total. The van der Waals surface area contributed by atoms with Crippen molar-refractivity contribution in [2.75, 3.05) is 19.6 Å². The molecule has 4 atom stereocenters. The maximum Gasteiger partial charge on any atom is 0.123 e. The molecule has 0 spiro atoms. The van der Waals surface area contributed by atoms with E-state index in [1.807, 2.05) is 19.1 Å². The fraction of sp³-hybridized carbons (Fsp3) is 0.522. The van der Waals surface area contributed by atoms with Crippen LogP contribution in [-0.2, 0) is 6.42 Å². The number of benzene rings is 1. The Morgan fingerprint density at radius 1 is 1.21 bits per heavy atom. The first-order valence-electron chi connectivity index (χ1n) is 10.3. The van der Waals surface area contributed by atoms with Crippen molar-refractivity contribution in [1.82, 2.24) is 9.88 Å². The third kappa shape index (κ3) is 4.12. The molecule has 150 valence electrons. The number of β-amino-alcohol motifs (C(OH)–C–C–N with tert-alkyl or cyclic N) is 1. The van der Waals surface area contributed by atoms with Crippen LogP contribution in [0.4, 0.5) is 4.39 Å². The van der Waals surface area contributed by atoms with Gasteiger partial charge in [0.1, 0.15) is 5.82 Å². The highest BCUT2D eigenvalue weighted by molar-refractivity contribution is 5.31.